The molecule has 2 rings (SSSR count). The Labute approximate surface area is 146 Å². The third kappa shape index (κ3) is 4.91. The van der Waals surface area contributed by atoms with Gasteiger partial charge in [0.15, 0.2) is 0 Å². The van der Waals surface area contributed by atoms with E-state index < -0.39 is 29.9 Å². The van der Waals surface area contributed by atoms with Crippen molar-refractivity contribution in [3.8, 4) is 0 Å². The maximum absolute atomic E-state index is 12.2. The van der Waals surface area contributed by atoms with Gasteiger partial charge in [0, 0.05) is 11.1 Å². The largest absolute Gasteiger partial charge is 0.446 e. The van der Waals surface area contributed by atoms with E-state index in [2.05, 4.69) is 5.32 Å². The number of carbonyl (C=O) groups is 3. The highest BCUT2D eigenvalue weighted by atomic mass is 16.5. The molecule has 6 nitrogen and oxygen atoms in total. The van der Waals surface area contributed by atoms with Crippen molar-refractivity contribution in [1.29, 1.82) is 0 Å². The monoisotopic (exact) mass is 340 g/mol. The van der Waals surface area contributed by atoms with Gasteiger partial charge in [-0.2, -0.15) is 0 Å². The van der Waals surface area contributed by atoms with Crippen molar-refractivity contribution in [3.05, 3.63) is 71.3 Å². The summed E-state index contributed by atoms with van der Waals surface area (Å²) in [7, 11) is 0. The van der Waals surface area contributed by atoms with Crippen LogP contribution in [-0.2, 0) is 14.3 Å². The summed E-state index contributed by atoms with van der Waals surface area (Å²) in [4.78, 5) is 36.0. The fourth-order valence-electron chi connectivity index (χ4n) is 2.26. The first kappa shape index (κ1) is 18.2. The number of rotatable bonds is 6. The minimum Gasteiger partial charge on any atom is -0.446 e. The maximum Gasteiger partial charge on any atom is 0.329 e. The lowest BCUT2D eigenvalue weighted by atomic mass is 10.1. The average Bonchev–Trinajstić information content (AvgIpc) is 2.59. The zero-order valence-electron chi connectivity index (χ0n) is 14.1. The molecule has 2 amide bonds. The zero-order valence-corrected chi connectivity index (χ0v) is 14.1. The number of nitrogens with two attached hydrogens (primary N) is 1. The molecule has 0 aliphatic rings. The molecule has 0 saturated carbocycles. The van der Waals surface area contributed by atoms with Crippen molar-refractivity contribution < 1.29 is 19.1 Å². The van der Waals surface area contributed by atoms with E-state index in [0.717, 1.165) is 5.56 Å². The van der Waals surface area contributed by atoms with Crippen LogP contribution in [0.3, 0.4) is 0 Å². The molecule has 2 aromatic carbocycles. The third-order valence-electron chi connectivity index (χ3n) is 3.58. The Kier molecular flexibility index (Phi) is 5.89. The summed E-state index contributed by atoms with van der Waals surface area (Å²) in [5, 5.41) is 2.55. The lowest BCUT2D eigenvalue weighted by Gasteiger charge is -2.19. The molecule has 2 atom stereocenters. The van der Waals surface area contributed by atoms with Crippen LogP contribution in [0.1, 0.15) is 34.5 Å². The lowest BCUT2D eigenvalue weighted by Crippen LogP contribution is -2.41. The second kappa shape index (κ2) is 8.10. The highest BCUT2D eigenvalue weighted by Crippen LogP contribution is 2.17. The van der Waals surface area contributed by atoms with Crippen molar-refractivity contribution in [3.63, 3.8) is 0 Å². The average molecular weight is 340 g/mol. The molecule has 0 radical (unpaired) electrons. The van der Waals surface area contributed by atoms with Crippen molar-refractivity contribution in [1.82, 2.24) is 5.32 Å². The van der Waals surface area contributed by atoms with Crippen LogP contribution >= 0.6 is 0 Å². The number of primary amides is 1. The minimum atomic E-state index is -1.20. The van der Waals surface area contributed by atoms with Crippen LogP contribution < -0.4 is 11.1 Å². The van der Waals surface area contributed by atoms with Gasteiger partial charge >= 0.3 is 5.97 Å². The molecule has 0 aliphatic carbocycles. The van der Waals surface area contributed by atoms with Crippen LogP contribution in [0.2, 0.25) is 0 Å². The number of hydrogen-bond acceptors (Lipinski definition) is 4. The predicted octanol–water partition coefficient (Wildman–Crippen LogP) is 1.88. The smallest absolute Gasteiger partial charge is 0.329 e. The van der Waals surface area contributed by atoms with Crippen molar-refractivity contribution in [2.75, 3.05) is 0 Å². The van der Waals surface area contributed by atoms with Gasteiger partial charge < -0.3 is 15.8 Å². The number of aryl methyl sites for hydroxylation is 1. The van der Waals surface area contributed by atoms with Crippen LogP contribution in [0.5, 0.6) is 0 Å². The summed E-state index contributed by atoms with van der Waals surface area (Å²) in [6.45, 7) is 3.35. The van der Waals surface area contributed by atoms with Gasteiger partial charge in [0.2, 0.25) is 6.10 Å². The Morgan fingerprint density at radius 3 is 2.32 bits per heavy atom. The lowest BCUT2D eigenvalue weighted by molar-refractivity contribution is -0.156. The first-order chi connectivity index (χ1) is 11.9. The fourth-order valence-corrected chi connectivity index (χ4v) is 2.26. The quantitative estimate of drug-likeness (QED) is 0.784. The number of carbonyl (C=O) groups excluding carboxylic acids is 3. The van der Waals surface area contributed by atoms with E-state index in [9.17, 15) is 14.4 Å². The summed E-state index contributed by atoms with van der Waals surface area (Å²) >= 11 is 0. The summed E-state index contributed by atoms with van der Waals surface area (Å²) < 4.78 is 5.19. The van der Waals surface area contributed by atoms with Crippen LogP contribution in [0.15, 0.2) is 54.6 Å². The maximum atomic E-state index is 12.2. The van der Waals surface area contributed by atoms with Gasteiger partial charge in [-0.3, -0.25) is 9.59 Å². The van der Waals surface area contributed by atoms with E-state index in [0.29, 0.717) is 11.1 Å². The second-order valence-electron chi connectivity index (χ2n) is 5.69. The van der Waals surface area contributed by atoms with Gasteiger partial charge in [0.25, 0.3) is 11.8 Å². The molecule has 25 heavy (non-hydrogen) atoms. The Morgan fingerprint density at radius 1 is 1.04 bits per heavy atom. The molecule has 0 heterocycles. The molecule has 3 N–H and O–H groups in total. The van der Waals surface area contributed by atoms with Crippen LogP contribution in [0.4, 0.5) is 0 Å². The highest BCUT2D eigenvalue weighted by Gasteiger charge is 2.26. The normalized spacial score (nSPS) is 12.7. The van der Waals surface area contributed by atoms with Gasteiger partial charge in [0.05, 0.1) is 0 Å². The number of esters is 1. The number of nitrogens with one attached hydrogen (secondary N) is 1. The molecule has 0 aromatic heterocycles. The Hall–Kier alpha value is -3.15. The number of hydrogen-bond donors (Lipinski definition) is 2. The topological polar surface area (TPSA) is 98.5 Å². The van der Waals surface area contributed by atoms with Crippen molar-refractivity contribution in [2.24, 2.45) is 5.73 Å². The molecule has 6 heteroatoms. The molecule has 1 unspecified atom stereocenters. The molecule has 2 aromatic rings. The zero-order chi connectivity index (χ0) is 18.4. The van der Waals surface area contributed by atoms with Gasteiger partial charge in [-0.05, 0) is 26.0 Å². The molecule has 0 fully saturated rings. The van der Waals surface area contributed by atoms with Gasteiger partial charge in [-0.25, -0.2) is 4.79 Å². The molecule has 0 bridgehead atoms. The van der Waals surface area contributed by atoms with Crippen molar-refractivity contribution >= 4 is 17.8 Å². The van der Waals surface area contributed by atoms with Crippen LogP contribution in [-0.4, -0.2) is 23.8 Å². The first-order valence-corrected chi connectivity index (χ1v) is 7.80. The molecule has 0 aliphatic heterocycles. The summed E-state index contributed by atoms with van der Waals surface area (Å²) in [6.07, 6.45) is -1.20. The predicted molar refractivity (Wildman–Crippen MR) is 92.6 cm³/mol. The molecular weight excluding hydrogens is 320 g/mol. The SMILES string of the molecule is Cc1cccc(C(=O)N[C@@H](C)C(=O)OC(C(N)=O)c2ccccc2)c1. The molecule has 0 saturated heterocycles. The van der Waals surface area contributed by atoms with E-state index in [4.69, 9.17) is 10.5 Å². The number of benzene rings is 2. The Morgan fingerprint density at radius 2 is 1.72 bits per heavy atom. The van der Waals surface area contributed by atoms with Gasteiger partial charge in [-0.15, -0.1) is 0 Å². The van der Waals surface area contributed by atoms with E-state index in [1.54, 1.807) is 48.5 Å². The van der Waals surface area contributed by atoms with Crippen molar-refractivity contribution in [2.45, 2.75) is 26.0 Å². The van der Waals surface area contributed by atoms with E-state index >= 15 is 0 Å². The molecule has 0 spiro atoms. The summed E-state index contributed by atoms with van der Waals surface area (Å²) in [5.41, 5.74) is 7.17. The summed E-state index contributed by atoms with van der Waals surface area (Å²) in [5.74, 6) is -1.92. The standard InChI is InChI=1S/C19H20N2O4/c1-12-7-6-10-15(11-12)18(23)21-13(2)19(24)25-16(17(20)22)14-8-4-3-5-9-14/h3-11,13,16H,1-2H3,(H2,20,22)(H,21,23)/t13-,16?/m0/s1. The van der Waals surface area contributed by atoms with E-state index in [1.807, 2.05) is 13.0 Å². The first-order valence-electron chi connectivity index (χ1n) is 7.80. The summed E-state index contributed by atoms with van der Waals surface area (Å²) in [6, 6.07) is 14.5. The number of ether oxygens (including phenoxy) is 1. The fraction of sp³-hybridized carbons (Fsp3) is 0.211. The number of amides is 2. The highest BCUT2D eigenvalue weighted by molar-refractivity contribution is 5.97. The Balaban J connectivity index is 2.03. The van der Waals surface area contributed by atoms with E-state index in [-0.39, 0.29) is 0 Å². The van der Waals surface area contributed by atoms with Crippen LogP contribution in [0, 0.1) is 6.92 Å². The molecule has 130 valence electrons. The van der Waals surface area contributed by atoms with Gasteiger partial charge in [0.1, 0.15) is 6.04 Å². The van der Waals surface area contributed by atoms with E-state index in [1.165, 1.54) is 6.92 Å². The third-order valence-corrected chi connectivity index (χ3v) is 3.58. The second-order valence-corrected chi connectivity index (χ2v) is 5.69. The minimum absolute atomic E-state index is 0.400. The molecular formula is C19H20N2O4. The Bertz CT molecular complexity index is 774. The van der Waals surface area contributed by atoms with Gasteiger partial charge in [-0.1, -0.05) is 48.0 Å². The van der Waals surface area contributed by atoms with Crippen LogP contribution in [0.25, 0.3) is 0 Å².